The maximum absolute atomic E-state index is 11.0. The van der Waals surface area contributed by atoms with Crippen LogP contribution in [0.4, 0.5) is 0 Å². The fourth-order valence-electron chi connectivity index (χ4n) is 0.766. The Morgan fingerprint density at radius 1 is 1.54 bits per heavy atom. The number of hydrogen-bond donors (Lipinski definition) is 1. The van der Waals surface area contributed by atoms with Gasteiger partial charge < -0.3 is 0 Å². The molecule has 5 heteroatoms. The largest absolute Gasteiger partial charge is 0.288 e. The first-order chi connectivity index (χ1) is 6.24. The van der Waals surface area contributed by atoms with Crippen molar-refractivity contribution in [3.05, 3.63) is 12.3 Å². The van der Waals surface area contributed by atoms with E-state index in [4.69, 9.17) is 0 Å². The van der Waals surface area contributed by atoms with Crippen molar-refractivity contribution >= 4 is 11.9 Å². The minimum Gasteiger partial charge on any atom is -0.288 e. The maximum atomic E-state index is 11.0. The van der Waals surface area contributed by atoms with Crippen LogP contribution in [0.15, 0.2) is 27.5 Å². The van der Waals surface area contributed by atoms with Gasteiger partial charge in [0.1, 0.15) is 5.70 Å². The second-order valence-corrected chi connectivity index (χ2v) is 2.66. The Bertz CT molecular complexity index is 280. The second kappa shape index (κ2) is 4.49. The summed E-state index contributed by atoms with van der Waals surface area (Å²) in [5.74, 6) is -0.0453. The van der Waals surface area contributed by atoms with E-state index in [1.807, 2.05) is 0 Å². The first-order valence-electron chi connectivity index (χ1n) is 4.20. The van der Waals surface area contributed by atoms with Crippen LogP contribution in [0, 0.1) is 0 Å². The summed E-state index contributed by atoms with van der Waals surface area (Å²) in [7, 11) is 0. The van der Waals surface area contributed by atoms with E-state index < -0.39 is 0 Å². The number of unbranched alkanes of at least 4 members (excludes halogenated alkanes) is 1. The van der Waals surface area contributed by atoms with Crippen LogP contribution in [0.2, 0.25) is 0 Å². The fourth-order valence-corrected chi connectivity index (χ4v) is 0.766. The van der Waals surface area contributed by atoms with E-state index in [2.05, 4.69) is 34.0 Å². The molecule has 13 heavy (non-hydrogen) atoms. The van der Waals surface area contributed by atoms with Gasteiger partial charge in [0.25, 0.3) is 5.91 Å². The molecule has 0 radical (unpaired) electrons. The van der Waals surface area contributed by atoms with Crippen LogP contribution in [-0.2, 0) is 4.79 Å². The molecule has 0 saturated heterocycles. The summed E-state index contributed by atoms with van der Waals surface area (Å²) in [6.07, 6.45) is 2.05. The summed E-state index contributed by atoms with van der Waals surface area (Å²) in [5, 5.41) is 9.71. The van der Waals surface area contributed by atoms with Crippen molar-refractivity contribution in [1.29, 1.82) is 0 Å². The minimum absolute atomic E-state index is 0.120. The van der Waals surface area contributed by atoms with Crippen LogP contribution in [0.5, 0.6) is 0 Å². The Kier molecular flexibility index (Phi) is 3.31. The Labute approximate surface area is 76.7 Å². The van der Waals surface area contributed by atoms with Gasteiger partial charge in [0, 0.05) is 6.54 Å². The lowest BCUT2D eigenvalue weighted by molar-refractivity contribution is -0.116. The van der Waals surface area contributed by atoms with Crippen LogP contribution in [-0.4, -0.2) is 18.4 Å². The molecule has 0 bridgehead atoms. The predicted molar refractivity (Wildman–Crippen MR) is 49.3 cm³/mol. The third-order valence-electron chi connectivity index (χ3n) is 1.53. The highest BCUT2D eigenvalue weighted by Gasteiger charge is 2.13. The van der Waals surface area contributed by atoms with Gasteiger partial charge in [-0.05, 0) is 6.42 Å². The number of carbonyl (C=O) groups excluding carboxylic acids is 1. The topological polar surface area (TPSA) is 66.2 Å². The van der Waals surface area contributed by atoms with Crippen LogP contribution >= 0.6 is 0 Å². The highest BCUT2D eigenvalue weighted by atomic mass is 16.2. The number of nitrogens with zero attached hydrogens (tertiary/aromatic N) is 3. The SMILES string of the molecule is C=C1N=NC(=NCCCC)NC1=O. The quantitative estimate of drug-likeness (QED) is 0.515. The number of rotatable bonds is 3. The molecule has 0 saturated carbocycles. The third kappa shape index (κ3) is 2.77. The van der Waals surface area contributed by atoms with Gasteiger partial charge in [-0.2, -0.15) is 0 Å². The average molecular weight is 180 g/mol. The van der Waals surface area contributed by atoms with Crippen molar-refractivity contribution in [3.63, 3.8) is 0 Å². The number of hydrogen-bond acceptors (Lipinski definition) is 3. The molecule has 0 atom stereocenters. The van der Waals surface area contributed by atoms with Crippen molar-refractivity contribution in [2.45, 2.75) is 19.8 Å². The van der Waals surface area contributed by atoms with Crippen molar-refractivity contribution in [1.82, 2.24) is 5.32 Å². The summed E-state index contributed by atoms with van der Waals surface area (Å²) in [4.78, 5) is 15.0. The van der Waals surface area contributed by atoms with Crippen molar-refractivity contribution < 1.29 is 4.79 Å². The molecule has 1 aliphatic heterocycles. The molecule has 1 amide bonds. The van der Waals surface area contributed by atoms with E-state index in [-0.39, 0.29) is 17.6 Å². The number of aliphatic imine (C=N–C) groups is 1. The molecule has 1 N–H and O–H groups in total. The normalized spacial score (nSPS) is 19.3. The number of azo groups is 1. The van der Waals surface area contributed by atoms with Crippen LogP contribution in [0.1, 0.15) is 19.8 Å². The summed E-state index contributed by atoms with van der Waals surface area (Å²) < 4.78 is 0. The monoisotopic (exact) mass is 180 g/mol. The number of nitrogens with one attached hydrogen (secondary N) is 1. The summed E-state index contributed by atoms with van der Waals surface area (Å²) in [6.45, 7) is 6.14. The summed E-state index contributed by atoms with van der Waals surface area (Å²) >= 11 is 0. The number of amides is 1. The third-order valence-corrected chi connectivity index (χ3v) is 1.53. The Balaban J connectivity index is 2.54. The van der Waals surface area contributed by atoms with E-state index >= 15 is 0 Å². The van der Waals surface area contributed by atoms with E-state index in [9.17, 15) is 4.79 Å². The number of carbonyl (C=O) groups is 1. The van der Waals surface area contributed by atoms with Gasteiger partial charge in [0.2, 0.25) is 5.96 Å². The average Bonchev–Trinajstić information content (AvgIpc) is 2.12. The van der Waals surface area contributed by atoms with Gasteiger partial charge in [-0.15, -0.1) is 10.2 Å². The molecule has 0 unspecified atom stereocenters. The van der Waals surface area contributed by atoms with Crippen molar-refractivity contribution in [2.75, 3.05) is 6.54 Å². The molecule has 0 aromatic rings. The predicted octanol–water partition coefficient (Wildman–Crippen LogP) is 1.24. The molecule has 0 fully saturated rings. The van der Waals surface area contributed by atoms with Gasteiger partial charge in [-0.1, -0.05) is 19.9 Å². The molecule has 0 spiro atoms. The van der Waals surface area contributed by atoms with Gasteiger partial charge in [-0.3, -0.25) is 10.1 Å². The van der Waals surface area contributed by atoms with E-state index in [1.165, 1.54) is 0 Å². The summed E-state index contributed by atoms with van der Waals surface area (Å²) in [5.41, 5.74) is 0.120. The summed E-state index contributed by atoms with van der Waals surface area (Å²) in [6, 6.07) is 0. The standard InChI is InChI=1S/C8H12N4O/c1-3-4-5-9-8-10-7(13)6(2)11-12-8/h2-5H2,1H3,(H,9,10,13). The van der Waals surface area contributed by atoms with Gasteiger partial charge >= 0.3 is 0 Å². The number of guanidine groups is 1. The molecule has 70 valence electrons. The van der Waals surface area contributed by atoms with Crippen molar-refractivity contribution in [2.24, 2.45) is 15.2 Å². The zero-order valence-electron chi connectivity index (χ0n) is 7.58. The highest BCUT2D eigenvalue weighted by Crippen LogP contribution is 2.01. The molecule has 0 aliphatic carbocycles. The lowest BCUT2D eigenvalue weighted by Gasteiger charge is -2.07. The van der Waals surface area contributed by atoms with Gasteiger partial charge in [0.15, 0.2) is 0 Å². The fraction of sp³-hybridized carbons (Fsp3) is 0.500. The second-order valence-electron chi connectivity index (χ2n) is 2.66. The maximum Gasteiger partial charge on any atom is 0.277 e. The van der Waals surface area contributed by atoms with E-state index in [0.29, 0.717) is 6.54 Å². The van der Waals surface area contributed by atoms with Gasteiger partial charge in [-0.25, -0.2) is 4.99 Å². The van der Waals surface area contributed by atoms with Crippen LogP contribution in [0.25, 0.3) is 0 Å². The van der Waals surface area contributed by atoms with Crippen LogP contribution in [0.3, 0.4) is 0 Å². The van der Waals surface area contributed by atoms with E-state index in [0.717, 1.165) is 12.8 Å². The molecule has 1 rings (SSSR count). The molecular weight excluding hydrogens is 168 g/mol. The minimum atomic E-state index is -0.328. The molecule has 1 aliphatic rings. The molecule has 0 aromatic heterocycles. The molecule has 5 nitrogen and oxygen atoms in total. The zero-order chi connectivity index (χ0) is 9.68. The molecule has 1 heterocycles. The smallest absolute Gasteiger partial charge is 0.277 e. The highest BCUT2D eigenvalue weighted by molar-refractivity contribution is 6.06. The lowest BCUT2D eigenvalue weighted by Crippen LogP contribution is -2.32. The first kappa shape index (κ1) is 9.57. The Morgan fingerprint density at radius 2 is 2.31 bits per heavy atom. The van der Waals surface area contributed by atoms with Crippen LogP contribution < -0.4 is 5.32 Å². The molecule has 0 aromatic carbocycles. The Morgan fingerprint density at radius 3 is 2.92 bits per heavy atom. The van der Waals surface area contributed by atoms with Gasteiger partial charge in [0.05, 0.1) is 0 Å². The lowest BCUT2D eigenvalue weighted by atomic mass is 10.3. The first-order valence-corrected chi connectivity index (χ1v) is 4.20. The zero-order valence-corrected chi connectivity index (χ0v) is 7.58. The van der Waals surface area contributed by atoms with E-state index in [1.54, 1.807) is 0 Å². The molecular formula is C8H12N4O. The van der Waals surface area contributed by atoms with Crippen molar-refractivity contribution in [3.8, 4) is 0 Å². The Hall–Kier alpha value is -1.52.